The Hall–Kier alpha value is -2.84. The second-order valence-corrected chi connectivity index (χ2v) is 8.42. The molecule has 28 heavy (non-hydrogen) atoms. The molecule has 0 saturated heterocycles. The van der Waals surface area contributed by atoms with Crippen LogP contribution in [-0.4, -0.2) is 21.4 Å². The van der Waals surface area contributed by atoms with Crippen LogP contribution in [0, 0.1) is 0 Å². The molecular weight excluding hydrogens is 444 g/mol. The summed E-state index contributed by atoms with van der Waals surface area (Å²) in [4.78, 5) is 12.5. The summed E-state index contributed by atoms with van der Waals surface area (Å²) in [5.41, 5.74) is 1.23. The first-order valence-electron chi connectivity index (χ1n) is 8.21. The van der Waals surface area contributed by atoms with E-state index in [2.05, 4.69) is 26.0 Å². The predicted molar refractivity (Wildman–Crippen MR) is 112 cm³/mol. The minimum atomic E-state index is -3.83. The van der Waals surface area contributed by atoms with Gasteiger partial charge in [-0.05, 0) is 66.7 Å². The number of nitrogens with one attached hydrogen (secondary N) is 2. The minimum absolute atomic E-state index is 0.00204. The Kier molecular flexibility index (Phi) is 6.01. The molecule has 144 valence electrons. The van der Waals surface area contributed by atoms with Gasteiger partial charge in [0.05, 0.1) is 12.0 Å². The van der Waals surface area contributed by atoms with Crippen molar-refractivity contribution in [1.82, 2.24) is 0 Å². The number of sulfonamides is 1. The van der Waals surface area contributed by atoms with E-state index in [-0.39, 0.29) is 10.5 Å². The van der Waals surface area contributed by atoms with Gasteiger partial charge in [-0.25, -0.2) is 8.42 Å². The first-order valence-corrected chi connectivity index (χ1v) is 10.5. The third-order valence-corrected chi connectivity index (χ3v) is 5.76. The molecule has 8 heteroatoms. The van der Waals surface area contributed by atoms with Crippen LogP contribution in [0.3, 0.4) is 0 Å². The number of hydrogen-bond acceptors (Lipinski definition) is 4. The second kappa shape index (κ2) is 8.45. The normalized spacial score (nSPS) is 10.9. The fourth-order valence-electron chi connectivity index (χ4n) is 2.41. The van der Waals surface area contributed by atoms with Crippen LogP contribution in [0.1, 0.15) is 10.4 Å². The third-order valence-electron chi connectivity index (χ3n) is 3.85. The van der Waals surface area contributed by atoms with Crippen LogP contribution >= 0.6 is 15.9 Å². The fraction of sp³-hybridized carbons (Fsp3) is 0.0500. The molecule has 0 fully saturated rings. The van der Waals surface area contributed by atoms with E-state index >= 15 is 0 Å². The smallest absolute Gasteiger partial charge is 0.261 e. The number of hydrogen-bond donors (Lipinski definition) is 2. The molecule has 3 aromatic carbocycles. The molecular formula is C20H17BrN2O4S. The summed E-state index contributed by atoms with van der Waals surface area (Å²) in [5, 5.41) is 2.73. The summed E-state index contributed by atoms with van der Waals surface area (Å²) in [5.74, 6) is 0.260. The van der Waals surface area contributed by atoms with E-state index in [0.29, 0.717) is 17.1 Å². The number of carbonyl (C=O) groups excluding carboxylic acids is 1. The molecule has 6 nitrogen and oxygen atoms in total. The molecule has 0 aliphatic carbocycles. The van der Waals surface area contributed by atoms with E-state index in [1.165, 1.54) is 18.2 Å². The van der Waals surface area contributed by atoms with Gasteiger partial charge in [0.25, 0.3) is 15.9 Å². The van der Waals surface area contributed by atoms with Crippen molar-refractivity contribution in [3.8, 4) is 5.75 Å². The van der Waals surface area contributed by atoms with Crippen LogP contribution < -0.4 is 14.8 Å². The number of rotatable bonds is 6. The van der Waals surface area contributed by atoms with Gasteiger partial charge < -0.3 is 10.1 Å². The maximum atomic E-state index is 12.6. The van der Waals surface area contributed by atoms with E-state index in [0.717, 1.165) is 4.47 Å². The van der Waals surface area contributed by atoms with Crippen LogP contribution in [0.2, 0.25) is 0 Å². The summed E-state index contributed by atoms with van der Waals surface area (Å²) in [7, 11) is -2.27. The first-order chi connectivity index (χ1) is 13.4. The van der Waals surface area contributed by atoms with Crippen molar-refractivity contribution in [2.24, 2.45) is 0 Å². The second-order valence-electron chi connectivity index (χ2n) is 5.82. The maximum Gasteiger partial charge on any atom is 0.261 e. The van der Waals surface area contributed by atoms with Crippen LogP contribution in [0.4, 0.5) is 11.4 Å². The lowest BCUT2D eigenvalue weighted by Gasteiger charge is -2.10. The van der Waals surface area contributed by atoms with Crippen molar-refractivity contribution in [2.45, 2.75) is 4.90 Å². The van der Waals surface area contributed by atoms with Gasteiger partial charge in [0, 0.05) is 21.4 Å². The third kappa shape index (κ3) is 4.90. The summed E-state index contributed by atoms with van der Waals surface area (Å²) in [6.07, 6.45) is 0. The Morgan fingerprint density at radius 2 is 1.57 bits per heavy atom. The highest BCUT2D eigenvalue weighted by Gasteiger charge is 2.16. The molecule has 0 aromatic heterocycles. The van der Waals surface area contributed by atoms with Crippen molar-refractivity contribution in [2.75, 3.05) is 17.1 Å². The Labute approximate surface area is 171 Å². The zero-order chi connectivity index (χ0) is 20.1. The summed E-state index contributed by atoms with van der Waals surface area (Å²) in [6.45, 7) is 0. The van der Waals surface area contributed by atoms with Gasteiger partial charge in [0.15, 0.2) is 0 Å². The Balaban J connectivity index is 1.78. The lowest BCUT2D eigenvalue weighted by Crippen LogP contribution is -2.16. The Morgan fingerprint density at radius 3 is 2.21 bits per heavy atom. The average Bonchev–Trinajstić information content (AvgIpc) is 2.70. The molecule has 0 unspecified atom stereocenters. The highest BCUT2D eigenvalue weighted by Crippen LogP contribution is 2.20. The Morgan fingerprint density at radius 1 is 0.929 bits per heavy atom. The number of benzene rings is 3. The quantitative estimate of drug-likeness (QED) is 0.566. The molecule has 1 amide bonds. The summed E-state index contributed by atoms with van der Waals surface area (Å²) in [6, 6.07) is 19.4. The molecule has 0 radical (unpaired) electrons. The fourth-order valence-corrected chi connectivity index (χ4v) is 3.78. The lowest BCUT2D eigenvalue weighted by molar-refractivity contribution is 0.102. The van der Waals surface area contributed by atoms with Gasteiger partial charge in [0.2, 0.25) is 0 Å². The zero-order valence-electron chi connectivity index (χ0n) is 14.8. The van der Waals surface area contributed by atoms with Gasteiger partial charge in [-0.3, -0.25) is 9.52 Å². The standard InChI is InChI=1S/C20H17BrN2O4S/c1-27-18-11-9-16(10-12-18)22-20(24)14-3-2-4-19(13-14)28(25,26)23-17-7-5-15(21)6-8-17/h2-13,23H,1H3,(H,22,24). The van der Waals surface area contributed by atoms with Gasteiger partial charge in [0.1, 0.15) is 5.75 Å². The number of amides is 1. The summed E-state index contributed by atoms with van der Waals surface area (Å²) < 4.78 is 33.7. The molecule has 0 atom stereocenters. The maximum absolute atomic E-state index is 12.6. The lowest BCUT2D eigenvalue weighted by atomic mass is 10.2. The first kappa shape index (κ1) is 19.9. The van der Waals surface area contributed by atoms with Crippen molar-refractivity contribution < 1.29 is 17.9 Å². The van der Waals surface area contributed by atoms with Crippen molar-refractivity contribution in [3.05, 3.63) is 82.8 Å². The number of anilines is 2. The number of carbonyl (C=O) groups is 1. The highest BCUT2D eigenvalue weighted by atomic mass is 79.9. The molecule has 0 heterocycles. The van der Waals surface area contributed by atoms with E-state index in [1.54, 1.807) is 61.7 Å². The molecule has 0 spiro atoms. The molecule has 2 N–H and O–H groups in total. The molecule has 0 bridgehead atoms. The van der Waals surface area contributed by atoms with Gasteiger partial charge in [-0.1, -0.05) is 22.0 Å². The van der Waals surface area contributed by atoms with Crippen molar-refractivity contribution in [1.29, 1.82) is 0 Å². The van der Waals surface area contributed by atoms with Crippen molar-refractivity contribution in [3.63, 3.8) is 0 Å². The van der Waals surface area contributed by atoms with Gasteiger partial charge in [-0.2, -0.15) is 0 Å². The molecule has 3 rings (SSSR count). The zero-order valence-corrected chi connectivity index (χ0v) is 17.2. The van der Waals surface area contributed by atoms with E-state index in [9.17, 15) is 13.2 Å². The SMILES string of the molecule is COc1ccc(NC(=O)c2cccc(S(=O)(=O)Nc3ccc(Br)cc3)c2)cc1. The monoisotopic (exact) mass is 460 g/mol. The van der Waals surface area contributed by atoms with E-state index < -0.39 is 15.9 Å². The number of methoxy groups -OCH3 is 1. The van der Waals surface area contributed by atoms with Crippen LogP contribution in [0.25, 0.3) is 0 Å². The summed E-state index contributed by atoms with van der Waals surface area (Å²) >= 11 is 3.30. The number of ether oxygens (including phenoxy) is 1. The van der Waals surface area contributed by atoms with Gasteiger partial charge >= 0.3 is 0 Å². The predicted octanol–water partition coefficient (Wildman–Crippen LogP) is 4.51. The topological polar surface area (TPSA) is 84.5 Å². The van der Waals surface area contributed by atoms with E-state index in [4.69, 9.17) is 4.74 Å². The van der Waals surface area contributed by atoms with Crippen LogP contribution in [0.15, 0.2) is 82.2 Å². The largest absolute Gasteiger partial charge is 0.497 e. The Bertz CT molecular complexity index is 1080. The molecule has 0 aliphatic heterocycles. The van der Waals surface area contributed by atoms with Crippen LogP contribution in [0.5, 0.6) is 5.75 Å². The number of halogens is 1. The van der Waals surface area contributed by atoms with Crippen LogP contribution in [-0.2, 0) is 10.0 Å². The molecule has 0 saturated carbocycles. The average molecular weight is 461 g/mol. The highest BCUT2D eigenvalue weighted by molar-refractivity contribution is 9.10. The molecule has 3 aromatic rings. The minimum Gasteiger partial charge on any atom is -0.497 e. The van der Waals surface area contributed by atoms with E-state index in [1.807, 2.05) is 0 Å². The molecule has 0 aliphatic rings. The van der Waals surface area contributed by atoms with Gasteiger partial charge in [-0.15, -0.1) is 0 Å². The van der Waals surface area contributed by atoms with Crippen molar-refractivity contribution >= 4 is 43.2 Å².